The van der Waals surface area contributed by atoms with Gasteiger partial charge in [0, 0.05) is 37.1 Å². The topological polar surface area (TPSA) is 79.2 Å². The molecule has 0 unspecified atom stereocenters. The van der Waals surface area contributed by atoms with E-state index < -0.39 is 0 Å². The Hall–Kier alpha value is -2.50. The minimum Gasteiger partial charge on any atom is -0.505 e. The van der Waals surface area contributed by atoms with Crippen molar-refractivity contribution in [3.05, 3.63) is 47.8 Å². The van der Waals surface area contributed by atoms with Gasteiger partial charge in [-0.05, 0) is 37.5 Å². The van der Waals surface area contributed by atoms with Crippen molar-refractivity contribution >= 4 is 5.91 Å². The van der Waals surface area contributed by atoms with Crippen LogP contribution in [0.15, 0.2) is 30.9 Å². The van der Waals surface area contributed by atoms with E-state index >= 15 is 0 Å². The summed E-state index contributed by atoms with van der Waals surface area (Å²) >= 11 is 0. The largest absolute Gasteiger partial charge is 0.505 e. The Labute approximate surface area is 128 Å². The molecular formula is C16H18N4O2. The number of aromatic hydroxyl groups is 1. The lowest BCUT2D eigenvalue weighted by molar-refractivity contribution is 0.0702. The number of nitrogens with zero attached hydrogens (tertiary/aromatic N) is 4. The van der Waals surface area contributed by atoms with Gasteiger partial charge < -0.3 is 10.0 Å². The van der Waals surface area contributed by atoms with Crippen molar-refractivity contribution in [1.29, 1.82) is 0 Å². The van der Waals surface area contributed by atoms with Crippen LogP contribution in [0.25, 0.3) is 0 Å². The molecule has 1 N–H and O–H groups in total. The minimum atomic E-state index is -0.212. The summed E-state index contributed by atoms with van der Waals surface area (Å²) in [5.74, 6) is 0.0709. The van der Waals surface area contributed by atoms with Crippen LogP contribution in [-0.2, 0) is 0 Å². The van der Waals surface area contributed by atoms with E-state index in [9.17, 15) is 9.90 Å². The first kappa shape index (κ1) is 14.4. The van der Waals surface area contributed by atoms with Gasteiger partial charge in [-0.25, -0.2) is 15.0 Å². The Kier molecular flexibility index (Phi) is 4.00. The zero-order valence-corrected chi connectivity index (χ0v) is 12.4. The van der Waals surface area contributed by atoms with Gasteiger partial charge >= 0.3 is 0 Å². The Balaban J connectivity index is 1.68. The molecule has 1 aliphatic heterocycles. The molecule has 2 aromatic heterocycles. The number of hydrogen-bond acceptors (Lipinski definition) is 5. The first-order chi connectivity index (χ1) is 10.7. The molecule has 114 valence electrons. The zero-order valence-electron chi connectivity index (χ0n) is 12.4. The summed E-state index contributed by atoms with van der Waals surface area (Å²) in [6.07, 6.45) is 6.63. The van der Waals surface area contributed by atoms with E-state index in [1.807, 2.05) is 13.1 Å². The smallest absolute Gasteiger partial charge is 0.276 e. The molecule has 6 nitrogen and oxygen atoms in total. The van der Waals surface area contributed by atoms with E-state index in [1.54, 1.807) is 17.3 Å². The summed E-state index contributed by atoms with van der Waals surface area (Å²) in [4.78, 5) is 26.5. The number of carbonyl (C=O) groups is 1. The highest BCUT2D eigenvalue weighted by molar-refractivity contribution is 5.94. The van der Waals surface area contributed by atoms with Gasteiger partial charge in [0.05, 0.1) is 0 Å². The van der Waals surface area contributed by atoms with E-state index in [1.165, 1.54) is 12.3 Å². The van der Waals surface area contributed by atoms with E-state index in [0.29, 0.717) is 19.0 Å². The Morgan fingerprint density at radius 1 is 1.32 bits per heavy atom. The van der Waals surface area contributed by atoms with Crippen molar-refractivity contribution in [3.8, 4) is 5.75 Å². The van der Waals surface area contributed by atoms with Gasteiger partial charge in [0.15, 0.2) is 5.69 Å². The molecule has 0 radical (unpaired) electrons. The molecule has 1 fully saturated rings. The van der Waals surface area contributed by atoms with Crippen LogP contribution >= 0.6 is 0 Å². The molecule has 0 aliphatic carbocycles. The molecule has 22 heavy (non-hydrogen) atoms. The fourth-order valence-electron chi connectivity index (χ4n) is 2.90. The van der Waals surface area contributed by atoms with Crippen LogP contribution < -0.4 is 0 Å². The van der Waals surface area contributed by atoms with Gasteiger partial charge in [0.1, 0.15) is 12.1 Å². The van der Waals surface area contributed by atoms with E-state index in [-0.39, 0.29) is 17.4 Å². The fourth-order valence-corrected chi connectivity index (χ4v) is 2.90. The molecule has 0 saturated carbocycles. The number of pyridine rings is 1. The summed E-state index contributed by atoms with van der Waals surface area (Å²) in [7, 11) is 0. The molecule has 0 atom stereocenters. The first-order valence-corrected chi connectivity index (χ1v) is 7.36. The van der Waals surface area contributed by atoms with Crippen LogP contribution in [-0.4, -0.2) is 44.0 Å². The molecule has 0 aromatic carbocycles. The van der Waals surface area contributed by atoms with Crippen LogP contribution in [0.3, 0.4) is 0 Å². The van der Waals surface area contributed by atoms with Crippen LogP contribution in [0, 0.1) is 6.92 Å². The number of aryl methyl sites for hydroxylation is 1. The van der Waals surface area contributed by atoms with Gasteiger partial charge in [0.25, 0.3) is 5.91 Å². The summed E-state index contributed by atoms with van der Waals surface area (Å²) < 4.78 is 0. The third kappa shape index (κ3) is 2.77. The number of likely N-dealkylation sites (tertiary alicyclic amines) is 1. The second-order valence-electron chi connectivity index (χ2n) is 5.53. The maximum Gasteiger partial charge on any atom is 0.276 e. The number of rotatable bonds is 2. The van der Waals surface area contributed by atoms with Gasteiger partial charge in [-0.1, -0.05) is 0 Å². The molecule has 0 spiro atoms. The minimum absolute atomic E-state index is 0.0683. The number of amides is 1. The summed E-state index contributed by atoms with van der Waals surface area (Å²) in [5.41, 5.74) is 2.29. The summed E-state index contributed by atoms with van der Waals surface area (Å²) in [6.45, 7) is 3.30. The predicted molar refractivity (Wildman–Crippen MR) is 80.5 cm³/mol. The highest BCUT2D eigenvalue weighted by Gasteiger charge is 2.27. The lowest BCUT2D eigenvalue weighted by Crippen LogP contribution is -2.38. The zero-order chi connectivity index (χ0) is 15.5. The maximum absolute atomic E-state index is 12.4. The summed E-state index contributed by atoms with van der Waals surface area (Å²) in [6, 6.07) is 3.09. The molecule has 6 heteroatoms. The van der Waals surface area contributed by atoms with Crippen molar-refractivity contribution in [3.63, 3.8) is 0 Å². The third-order valence-electron chi connectivity index (χ3n) is 4.09. The van der Waals surface area contributed by atoms with Crippen LogP contribution in [0.1, 0.15) is 40.5 Å². The molecular weight excluding hydrogens is 280 g/mol. The average molecular weight is 298 g/mol. The lowest BCUT2D eigenvalue weighted by Gasteiger charge is -2.32. The van der Waals surface area contributed by atoms with Crippen LogP contribution in [0.5, 0.6) is 5.75 Å². The molecule has 1 saturated heterocycles. The number of aromatic nitrogens is 3. The highest BCUT2D eigenvalue weighted by atomic mass is 16.3. The van der Waals surface area contributed by atoms with Gasteiger partial charge in [-0.3, -0.25) is 4.79 Å². The molecule has 3 rings (SSSR count). The quantitative estimate of drug-likeness (QED) is 0.916. The monoisotopic (exact) mass is 298 g/mol. The normalized spacial score (nSPS) is 15.8. The lowest BCUT2D eigenvalue weighted by atomic mass is 9.91. The summed E-state index contributed by atoms with van der Waals surface area (Å²) in [5, 5.41) is 9.75. The van der Waals surface area contributed by atoms with E-state index in [4.69, 9.17) is 0 Å². The van der Waals surface area contributed by atoms with Crippen LogP contribution in [0.4, 0.5) is 0 Å². The Bertz CT molecular complexity index is 681. The second-order valence-corrected chi connectivity index (χ2v) is 5.53. The van der Waals surface area contributed by atoms with Crippen molar-refractivity contribution in [2.24, 2.45) is 0 Å². The van der Waals surface area contributed by atoms with Crippen molar-refractivity contribution in [2.75, 3.05) is 13.1 Å². The van der Waals surface area contributed by atoms with Crippen molar-refractivity contribution in [1.82, 2.24) is 19.9 Å². The highest BCUT2D eigenvalue weighted by Crippen LogP contribution is 2.29. The van der Waals surface area contributed by atoms with Gasteiger partial charge in [0.2, 0.25) is 0 Å². The van der Waals surface area contributed by atoms with Gasteiger partial charge in [-0.15, -0.1) is 0 Å². The average Bonchev–Trinajstić information content (AvgIpc) is 2.55. The second kappa shape index (κ2) is 6.09. The molecule has 3 heterocycles. The third-order valence-corrected chi connectivity index (χ3v) is 4.09. The molecule has 2 aromatic rings. The van der Waals surface area contributed by atoms with Crippen LogP contribution in [0.2, 0.25) is 0 Å². The van der Waals surface area contributed by atoms with Crippen molar-refractivity contribution < 1.29 is 9.90 Å². The SMILES string of the molecule is Cc1cncnc1C1CCN(C(=O)c2ncccc2O)CC1. The van der Waals surface area contributed by atoms with E-state index in [2.05, 4.69) is 15.0 Å². The Morgan fingerprint density at radius 3 is 2.77 bits per heavy atom. The fraction of sp³-hybridized carbons (Fsp3) is 0.375. The number of hydrogen-bond donors (Lipinski definition) is 1. The standard InChI is InChI=1S/C16H18N4O2/c1-11-9-17-10-19-14(11)12-4-7-20(8-5-12)16(22)15-13(21)3-2-6-18-15/h2-3,6,9-10,12,21H,4-5,7-8H2,1H3. The molecule has 1 aliphatic rings. The van der Waals surface area contributed by atoms with E-state index in [0.717, 1.165) is 24.1 Å². The maximum atomic E-state index is 12.4. The number of piperidine rings is 1. The molecule has 1 amide bonds. The van der Waals surface area contributed by atoms with Gasteiger partial charge in [-0.2, -0.15) is 0 Å². The predicted octanol–water partition coefficient (Wildman–Crippen LogP) is 1.91. The molecule has 0 bridgehead atoms. The van der Waals surface area contributed by atoms with Crippen molar-refractivity contribution in [2.45, 2.75) is 25.7 Å². The Morgan fingerprint density at radius 2 is 2.09 bits per heavy atom. The number of carbonyl (C=O) groups excluding carboxylic acids is 1. The first-order valence-electron chi connectivity index (χ1n) is 7.36.